The van der Waals surface area contributed by atoms with Crippen LogP contribution < -0.4 is 0 Å². The molecule has 0 atom stereocenters. The van der Waals surface area contributed by atoms with Crippen LogP contribution in [0.3, 0.4) is 0 Å². The van der Waals surface area contributed by atoms with Gasteiger partial charge in [-0.3, -0.25) is 0 Å². The lowest BCUT2D eigenvalue weighted by Gasteiger charge is -2.06. The van der Waals surface area contributed by atoms with Crippen LogP contribution in [0.5, 0.6) is 0 Å². The van der Waals surface area contributed by atoms with E-state index in [2.05, 4.69) is 19.7 Å². The number of para-hydroxylation sites is 1. The van der Waals surface area contributed by atoms with Crippen molar-refractivity contribution in [1.82, 2.24) is 19.7 Å². The normalized spacial score (nSPS) is 11.3. The van der Waals surface area contributed by atoms with E-state index in [0.717, 1.165) is 16.9 Å². The molecule has 0 amide bonds. The highest BCUT2D eigenvalue weighted by Crippen LogP contribution is 2.24. The summed E-state index contributed by atoms with van der Waals surface area (Å²) in [6.07, 6.45) is 2.69. The molecule has 0 spiro atoms. The molecule has 0 N–H and O–H groups in total. The van der Waals surface area contributed by atoms with Crippen molar-refractivity contribution in [2.45, 2.75) is 19.4 Å². The first kappa shape index (κ1) is 13.4. The summed E-state index contributed by atoms with van der Waals surface area (Å²) in [4.78, 5) is 8.61. The number of halogens is 2. The first-order valence-corrected chi connectivity index (χ1v) is 7.15. The molecule has 0 fully saturated rings. The average molecular weight is 311 g/mol. The van der Waals surface area contributed by atoms with Crippen molar-refractivity contribution in [2.75, 3.05) is 5.88 Å². The SMILES string of the molecule is ClCCc1nc2c(Cl)cccc2n1CCc1ncon1. The summed E-state index contributed by atoms with van der Waals surface area (Å²) in [5.74, 6) is 2.11. The molecule has 7 heteroatoms. The molecule has 0 radical (unpaired) electrons. The van der Waals surface area contributed by atoms with E-state index in [-0.39, 0.29) is 0 Å². The van der Waals surface area contributed by atoms with E-state index in [9.17, 15) is 0 Å². The number of benzene rings is 1. The summed E-state index contributed by atoms with van der Waals surface area (Å²) < 4.78 is 6.85. The highest BCUT2D eigenvalue weighted by molar-refractivity contribution is 6.34. The van der Waals surface area contributed by atoms with Gasteiger partial charge in [-0.25, -0.2) is 4.98 Å². The Morgan fingerprint density at radius 1 is 1.25 bits per heavy atom. The fraction of sp³-hybridized carbons (Fsp3) is 0.308. The van der Waals surface area contributed by atoms with Crippen molar-refractivity contribution in [3.8, 4) is 0 Å². The Kier molecular flexibility index (Phi) is 3.89. The maximum absolute atomic E-state index is 6.19. The maximum Gasteiger partial charge on any atom is 0.213 e. The minimum Gasteiger partial charge on any atom is -0.343 e. The Morgan fingerprint density at radius 2 is 2.15 bits per heavy atom. The Bertz CT molecular complexity index is 709. The van der Waals surface area contributed by atoms with Gasteiger partial charge in [-0.1, -0.05) is 22.8 Å². The molecule has 0 aliphatic heterocycles. The van der Waals surface area contributed by atoms with Crippen LogP contribution in [0, 0.1) is 0 Å². The van der Waals surface area contributed by atoms with Gasteiger partial charge in [0.1, 0.15) is 11.3 Å². The number of hydrogen-bond acceptors (Lipinski definition) is 4. The average Bonchev–Trinajstić information content (AvgIpc) is 3.05. The molecule has 2 heterocycles. The molecule has 3 rings (SSSR count). The molecule has 0 aliphatic carbocycles. The van der Waals surface area contributed by atoms with E-state index in [0.29, 0.717) is 36.1 Å². The van der Waals surface area contributed by atoms with Crippen LogP contribution in [-0.4, -0.2) is 25.6 Å². The zero-order valence-electron chi connectivity index (χ0n) is 10.6. The van der Waals surface area contributed by atoms with Gasteiger partial charge in [0, 0.05) is 25.3 Å². The first-order chi connectivity index (χ1) is 9.79. The number of alkyl halides is 1. The van der Waals surface area contributed by atoms with Crippen LogP contribution in [0.4, 0.5) is 0 Å². The second-order valence-corrected chi connectivity index (χ2v) is 5.11. The number of aryl methyl sites for hydroxylation is 3. The number of hydrogen-bond donors (Lipinski definition) is 0. The number of fused-ring (bicyclic) bond motifs is 1. The van der Waals surface area contributed by atoms with Crippen LogP contribution in [0.25, 0.3) is 11.0 Å². The lowest BCUT2D eigenvalue weighted by atomic mass is 10.3. The molecule has 5 nitrogen and oxygen atoms in total. The van der Waals surface area contributed by atoms with E-state index in [4.69, 9.17) is 27.7 Å². The molecular weight excluding hydrogens is 299 g/mol. The quantitative estimate of drug-likeness (QED) is 0.679. The van der Waals surface area contributed by atoms with Crippen molar-refractivity contribution in [3.05, 3.63) is 41.3 Å². The lowest BCUT2D eigenvalue weighted by Crippen LogP contribution is -2.07. The highest BCUT2D eigenvalue weighted by Gasteiger charge is 2.13. The number of imidazole rings is 1. The maximum atomic E-state index is 6.19. The van der Waals surface area contributed by atoms with Crippen molar-refractivity contribution >= 4 is 34.2 Å². The fourth-order valence-electron chi connectivity index (χ4n) is 2.20. The van der Waals surface area contributed by atoms with Crippen molar-refractivity contribution in [1.29, 1.82) is 0 Å². The first-order valence-electron chi connectivity index (χ1n) is 6.24. The van der Waals surface area contributed by atoms with Gasteiger partial charge < -0.3 is 9.09 Å². The minimum atomic E-state index is 0.517. The van der Waals surface area contributed by atoms with E-state index in [1.807, 2.05) is 18.2 Å². The Balaban J connectivity index is 1.98. The molecule has 0 bridgehead atoms. The number of nitrogens with zero attached hydrogens (tertiary/aromatic N) is 4. The molecule has 0 saturated carbocycles. The van der Waals surface area contributed by atoms with Gasteiger partial charge in [0.2, 0.25) is 6.39 Å². The van der Waals surface area contributed by atoms with Crippen LogP contribution in [0.15, 0.2) is 29.1 Å². The second-order valence-electron chi connectivity index (χ2n) is 4.32. The summed E-state index contributed by atoms with van der Waals surface area (Å²) >= 11 is 12.0. The predicted octanol–water partition coefficient (Wildman–Crippen LogP) is 3.10. The van der Waals surface area contributed by atoms with Gasteiger partial charge in [-0.05, 0) is 12.1 Å². The summed E-state index contributed by atoms with van der Waals surface area (Å²) in [5.41, 5.74) is 1.81. The molecule has 104 valence electrons. The van der Waals surface area contributed by atoms with Crippen LogP contribution in [-0.2, 0) is 19.4 Å². The molecule has 2 aromatic heterocycles. The third-order valence-electron chi connectivity index (χ3n) is 3.09. The summed E-state index contributed by atoms with van der Waals surface area (Å²) in [5, 5.41) is 4.47. The second kappa shape index (κ2) is 5.81. The van der Waals surface area contributed by atoms with Crippen LogP contribution in [0.1, 0.15) is 11.6 Å². The summed E-state index contributed by atoms with van der Waals surface area (Å²) in [6, 6.07) is 5.76. The minimum absolute atomic E-state index is 0.517. The van der Waals surface area contributed by atoms with E-state index < -0.39 is 0 Å². The lowest BCUT2D eigenvalue weighted by molar-refractivity contribution is 0.408. The molecule has 1 aromatic carbocycles. The number of aromatic nitrogens is 4. The number of rotatable bonds is 5. The molecular formula is C13H12Cl2N4O. The van der Waals surface area contributed by atoms with Gasteiger partial charge in [0.15, 0.2) is 5.82 Å². The molecule has 0 unspecified atom stereocenters. The third-order valence-corrected chi connectivity index (χ3v) is 3.59. The molecule has 3 aromatic rings. The highest BCUT2D eigenvalue weighted by atomic mass is 35.5. The van der Waals surface area contributed by atoms with Gasteiger partial charge in [-0.15, -0.1) is 11.6 Å². The zero-order valence-corrected chi connectivity index (χ0v) is 12.1. The van der Waals surface area contributed by atoms with E-state index >= 15 is 0 Å². The monoisotopic (exact) mass is 310 g/mol. The van der Waals surface area contributed by atoms with Gasteiger partial charge >= 0.3 is 0 Å². The van der Waals surface area contributed by atoms with Gasteiger partial charge in [0.25, 0.3) is 0 Å². The molecule has 0 aliphatic rings. The third kappa shape index (κ3) is 2.51. The topological polar surface area (TPSA) is 56.7 Å². The predicted molar refractivity (Wildman–Crippen MR) is 77.2 cm³/mol. The molecule has 20 heavy (non-hydrogen) atoms. The van der Waals surface area contributed by atoms with E-state index in [1.54, 1.807) is 0 Å². The standard InChI is InChI=1S/C13H12Cl2N4O/c14-6-4-12-17-13-9(15)2-1-3-10(13)19(12)7-5-11-16-8-20-18-11/h1-3,8H,4-7H2. The van der Waals surface area contributed by atoms with Crippen LogP contribution in [0.2, 0.25) is 5.02 Å². The summed E-state index contributed by atoms with van der Waals surface area (Å²) in [7, 11) is 0. The Morgan fingerprint density at radius 3 is 2.90 bits per heavy atom. The smallest absolute Gasteiger partial charge is 0.213 e. The van der Waals surface area contributed by atoms with E-state index in [1.165, 1.54) is 6.39 Å². The van der Waals surface area contributed by atoms with Gasteiger partial charge in [0.05, 0.1) is 10.5 Å². The zero-order chi connectivity index (χ0) is 13.9. The van der Waals surface area contributed by atoms with Crippen molar-refractivity contribution in [2.24, 2.45) is 0 Å². The van der Waals surface area contributed by atoms with Crippen molar-refractivity contribution < 1.29 is 4.52 Å². The van der Waals surface area contributed by atoms with Gasteiger partial charge in [-0.2, -0.15) is 4.98 Å². The Hall–Kier alpha value is -1.59. The Labute approximate surface area is 125 Å². The van der Waals surface area contributed by atoms with Crippen molar-refractivity contribution in [3.63, 3.8) is 0 Å². The van der Waals surface area contributed by atoms with Crippen LogP contribution >= 0.6 is 23.2 Å². The molecule has 0 saturated heterocycles. The fourth-order valence-corrected chi connectivity index (χ4v) is 2.58. The summed E-state index contributed by atoms with van der Waals surface area (Å²) in [6.45, 7) is 0.711. The largest absolute Gasteiger partial charge is 0.343 e.